The van der Waals surface area contributed by atoms with Gasteiger partial charge in [0.25, 0.3) is 5.91 Å². The van der Waals surface area contributed by atoms with Crippen LogP contribution in [-0.2, 0) is 0 Å². The van der Waals surface area contributed by atoms with Crippen LogP contribution in [0.3, 0.4) is 0 Å². The molecular formula is C17H23N5OS. The normalized spacial score (nSPS) is 20.6. The van der Waals surface area contributed by atoms with E-state index in [4.69, 9.17) is 5.73 Å². The second-order valence-electron chi connectivity index (χ2n) is 6.50. The number of thiophene rings is 1. The molecule has 7 heteroatoms. The summed E-state index contributed by atoms with van der Waals surface area (Å²) in [7, 11) is 0. The van der Waals surface area contributed by atoms with Gasteiger partial charge in [-0.2, -0.15) is 0 Å². The van der Waals surface area contributed by atoms with Crippen molar-refractivity contribution in [3.05, 3.63) is 23.9 Å². The van der Waals surface area contributed by atoms with E-state index in [1.54, 1.807) is 6.20 Å². The number of hydrogen-bond acceptors (Lipinski definition) is 6. The van der Waals surface area contributed by atoms with Crippen molar-refractivity contribution in [3.8, 4) is 0 Å². The van der Waals surface area contributed by atoms with Crippen molar-refractivity contribution in [1.82, 2.24) is 20.1 Å². The Kier molecular flexibility index (Phi) is 4.39. The van der Waals surface area contributed by atoms with Gasteiger partial charge in [-0.25, -0.2) is 0 Å². The Morgan fingerprint density at radius 2 is 2.00 bits per heavy atom. The predicted octanol–water partition coefficient (Wildman–Crippen LogP) is 1.39. The van der Waals surface area contributed by atoms with Gasteiger partial charge in [-0.15, -0.1) is 11.3 Å². The van der Waals surface area contributed by atoms with E-state index in [9.17, 15) is 4.79 Å². The number of hydrogen-bond donors (Lipinski definition) is 2. The predicted molar refractivity (Wildman–Crippen MR) is 97.4 cm³/mol. The molecule has 0 saturated carbocycles. The topological polar surface area (TPSA) is 74.5 Å². The molecule has 0 spiro atoms. The third-order valence-corrected chi connectivity index (χ3v) is 6.09. The third kappa shape index (κ3) is 2.87. The van der Waals surface area contributed by atoms with Gasteiger partial charge in [0.15, 0.2) is 0 Å². The molecule has 0 atom stereocenters. The summed E-state index contributed by atoms with van der Waals surface area (Å²) in [6, 6.07) is 4.51. The van der Waals surface area contributed by atoms with Crippen molar-refractivity contribution in [2.75, 3.05) is 45.0 Å². The highest BCUT2D eigenvalue weighted by Crippen LogP contribution is 2.33. The van der Waals surface area contributed by atoms with Crippen LogP contribution in [0, 0.1) is 0 Å². The molecule has 0 unspecified atom stereocenters. The molecule has 2 aromatic heterocycles. The molecule has 4 rings (SSSR count). The fraction of sp³-hybridized carbons (Fsp3) is 0.529. The summed E-state index contributed by atoms with van der Waals surface area (Å²) >= 11 is 1.44. The number of carbonyl (C=O) groups excluding carboxylic acids is 1. The zero-order chi connectivity index (χ0) is 16.5. The van der Waals surface area contributed by atoms with Crippen LogP contribution in [0.1, 0.15) is 23.2 Å². The molecule has 2 aliphatic rings. The Morgan fingerprint density at radius 1 is 1.25 bits per heavy atom. The van der Waals surface area contributed by atoms with Crippen LogP contribution < -0.4 is 11.1 Å². The average Bonchev–Trinajstić information content (AvgIpc) is 2.98. The molecule has 128 valence electrons. The number of piperazine rings is 1. The van der Waals surface area contributed by atoms with Crippen LogP contribution in [0.5, 0.6) is 0 Å². The van der Waals surface area contributed by atoms with Gasteiger partial charge in [-0.05, 0) is 38.1 Å². The lowest BCUT2D eigenvalue weighted by molar-refractivity contribution is 0.0535. The molecule has 0 bridgehead atoms. The molecule has 2 saturated heterocycles. The summed E-state index contributed by atoms with van der Waals surface area (Å²) in [6.45, 7) is 5.65. The lowest BCUT2D eigenvalue weighted by Crippen LogP contribution is -2.54. The molecule has 1 amide bonds. The smallest absolute Gasteiger partial charge is 0.259 e. The highest BCUT2D eigenvalue weighted by Gasteiger charge is 2.29. The van der Waals surface area contributed by atoms with E-state index >= 15 is 0 Å². The molecule has 2 fully saturated rings. The Balaban J connectivity index is 1.47. The van der Waals surface area contributed by atoms with E-state index in [1.165, 1.54) is 24.2 Å². The number of amides is 1. The molecule has 3 N–H and O–H groups in total. The number of pyridine rings is 1. The van der Waals surface area contributed by atoms with E-state index < -0.39 is 0 Å². The number of rotatable bonds is 2. The minimum Gasteiger partial charge on any atom is -0.390 e. The lowest BCUT2D eigenvalue weighted by atomic mass is 10.0. The van der Waals surface area contributed by atoms with Gasteiger partial charge in [0.2, 0.25) is 0 Å². The largest absolute Gasteiger partial charge is 0.390 e. The van der Waals surface area contributed by atoms with Crippen LogP contribution in [-0.4, -0.2) is 66.0 Å². The molecule has 6 nitrogen and oxygen atoms in total. The summed E-state index contributed by atoms with van der Waals surface area (Å²) in [4.78, 5) is 21.8. The minimum absolute atomic E-state index is 0.0300. The standard InChI is InChI=1S/C17H23N5OS/c18-16-14(15-13(24-16)2-1-5-20-15)17(23)22-10-8-21(9-11-22)12-3-6-19-7-4-12/h1-2,5,12,19H,3-4,6-11,18H2. The van der Waals surface area contributed by atoms with Crippen molar-refractivity contribution in [3.63, 3.8) is 0 Å². The maximum Gasteiger partial charge on any atom is 0.259 e. The van der Waals surface area contributed by atoms with Crippen molar-refractivity contribution in [1.29, 1.82) is 0 Å². The van der Waals surface area contributed by atoms with Gasteiger partial charge >= 0.3 is 0 Å². The van der Waals surface area contributed by atoms with Gasteiger partial charge in [-0.1, -0.05) is 0 Å². The number of nitrogens with two attached hydrogens (primary N) is 1. The first kappa shape index (κ1) is 15.8. The Morgan fingerprint density at radius 3 is 2.75 bits per heavy atom. The van der Waals surface area contributed by atoms with Gasteiger partial charge < -0.3 is 16.0 Å². The fourth-order valence-electron chi connectivity index (χ4n) is 3.77. The Labute approximate surface area is 145 Å². The first-order chi connectivity index (χ1) is 11.7. The quantitative estimate of drug-likeness (QED) is 0.860. The van der Waals surface area contributed by atoms with Crippen LogP contribution in [0.2, 0.25) is 0 Å². The molecule has 0 aliphatic carbocycles. The Bertz CT molecular complexity index is 732. The molecule has 0 radical (unpaired) electrons. The maximum atomic E-state index is 13.0. The van der Waals surface area contributed by atoms with E-state index in [1.807, 2.05) is 17.0 Å². The monoisotopic (exact) mass is 345 g/mol. The first-order valence-corrected chi connectivity index (χ1v) is 9.43. The summed E-state index contributed by atoms with van der Waals surface area (Å²) in [5.41, 5.74) is 7.45. The summed E-state index contributed by atoms with van der Waals surface area (Å²) in [6.07, 6.45) is 4.14. The maximum absolute atomic E-state index is 13.0. The number of nitrogens with one attached hydrogen (secondary N) is 1. The number of nitrogens with zero attached hydrogens (tertiary/aromatic N) is 3. The molecule has 24 heavy (non-hydrogen) atoms. The molecule has 2 aliphatic heterocycles. The molecule has 2 aromatic rings. The van der Waals surface area contributed by atoms with E-state index in [2.05, 4.69) is 15.2 Å². The second-order valence-corrected chi connectivity index (χ2v) is 7.58. The fourth-order valence-corrected chi connectivity index (χ4v) is 4.69. The molecule has 0 aromatic carbocycles. The number of carbonyl (C=O) groups is 1. The van der Waals surface area contributed by atoms with E-state index in [-0.39, 0.29) is 5.91 Å². The number of anilines is 1. The van der Waals surface area contributed by atoms with Crippen molar-refractivity contribution < 1.29 is 4.79 Å². The Hall–Kier alpha value is -1.70. The average molecular weight is 345 g/mol. The lowest BCUT2D eigenvalue weighted by Gasteiger charge is -2.40. The van der Waals surface area contributed by atoms with Gasteiger partial charge in [0, 0.05) is 38.4 Å². The minimum atomic E-state index is 0.0300. The van der Waals surface area contributed by atoms with E-state index in [0.29, 0.717) is 16.6 Å². The SMILES string of the molecule is Nc1sc2cccnc2c1C(=O)N1CCN(C2CCNCC2)CC1. The van der Waals surface area contributed by atoms with Crippen molar-refractivity contribution in [2.24, 2.45) is 0 Å². The number of nitrogen functional groups attached to an aromatic ring is 1. The number of piperidine rings is 1. The van der Waals surface area contributed by atoms with Crippen LogP contribution in [0.4, 0.5) is 5.00 Å². The van der Waals surface area contributed by atoms with Crippen LogP contribution >= 0.6 is 11.3 Å². The van der Waals surface area contributed by atoms with Gasteiger partial charge in [0.1, 0.15) is 5.00 Å². The molecule has 4 heterocycles. The summed E-state index contributed by atoms with van der Waals surface area (Å²) in [5, 5.41) is 3.99. The van der Waals surface area contributed by atoms with Gasteiger partial charge in [0.05, 0.1) is 15.8 Å². The first-order valence-electron chi connectivity index (χ1n) is 8.61. The summed E-state index contributed by atoms with van der Waals surface area (Å²) < 4.78 is 0.978. The highest BCUT2D eigenvalue weighted by molar-refractivity contribution is 7.23. The highest BCUT2D eigenvalue weighted by atomic mass is 32.1. The summed E-state index contributed by atoms with van der Waals surface area (Å²) in [5.74, 6) is 0.0300. The third-order valence-electron chi connectivity index (χ3n) is 5.11. The zero-order valence-electron chi connectivity index (χ0n) is 13.7. The zero-order valence-corrected chi connectivity index (χ0v) is 14.5. The molecular weight excluding hydrogens is 322 g/mol. The van der Waals surface area contributed by atoms with Crippen LogP contribution in [0.25, 0.3) is 10.2 Å². The number of fused-ring (bicyclic) bond motifs is 1. The van der Waals surface area contributed by atoms with E-state index in [0.717, 1.165) is 49.5 Å². The van der Waals surface area contributed by atoms with Crippen molar-refractivity contribution >= 4 is 32.5 Å². The van der Waals surface area contributed by atoms with Gasteiger partial charge in [-0.3, -0.25) is 14.7 Å². The van der Waals surface area contributed by atoms with Crippen molar-refractivity contribution in [2.45, 2.75) is 18.9 Å². The number of aromatic nitrogens is 1. The van der Waals surface area contributed by atoms with Crippen LogP contribution in [0.15, 0.2) is 18.3 Å². The second kappa shape index (κ2) is 6.66.